The van der Waals surface area contributed by atoms with Crippen LogP contribution in [0.4, 0.5) is 0 Å². The van der Waals surface area contributed by atoms with E-state index in [1.54, 1.807) is 26.0 Å². The number of benzene rings is 1. The van der Waals surface area contributed by atoms with Crippen molar-refractivity contribution < 1.29 is 4.79 Å². The van der Waals surface area contributed by atoms with E-state index in [1.807, 2.05) is 24.3 Å². The van der Waals surface area contributed by atoms with Gasteiger partial charge in [0.05, 0.1) is 0 Å². The van der Waals surface area contributed by atoms with E-state index in [-0.39, 0.29) is 29.9 Å². The Morgan fingerprint density at radius 1 is 1.07 bits per heavy atom. The fraction of sp³-hybridized carbons (Fsp3) is 0.619. The van der Waals surface area contributed by atoms with E-state index in [0.717, 1.165) is 30.7 Å². The summed E-state index contributed by atoms with van der Waals surface area (Å²) < 4.78 is 0. The van der Waals surface area contributed by atoms with Crippen molar-refractivity contribution in [2.24, 2.45) is 4.99 Å². The predicted octanol–water partition coefficient (Wildman–Crippen LogP) is 2.94. The van der Waals surface area contributed by atoms with Crippen LogP contribution < -0.4 is 10.6 Å². The van der Waals surface area contributed by atoms with E-state index in [9.17, 15) is 4.79 Å². The van der Waals surface area contributed by atoms with Gasteiger partial charge in [-0.1, -0.05) is 31.4 Å². The first-order valence-electron chi connectivity index (χ1n) is 9.96. The fourth-order valence-electron chi connectivity index (χ4n) is 3.48. The van der Waals surface area contributed by atoms with Crippen molar-refractivity contribution >= 4 is 35.8 Å². The van der Waals surface area contributed by atoms with Crippen LogP contribution in [0.1, 0.15) is 48.0 Å². The molecule has 1 aliphatic carbocycles. The van der Waals surface area contributed by atoms with Crippen LogP contribution in [0.5, 0.6) is 0 Å². The van der Waals surface area contributed by atoms with Crippen molar-refractivity contribution in [3.8, 4) is 0 Å². The molecule has 0 spiro atoms. The Hall–Kier alpha value is -1.35. The highest BCUT2D eigenvalue weighted by Gasteiger charge is 2.17. The molecular formula is C21H36IN5O. The summed E-state index contributed by atoms with van der Waals surface area (Å²) in [4.78, 5) is 20.3. The number of aliphatic imine (C=N–C) groups is 1. The summed E-state index contributed by atoms with van der Waals surface area (Å²) >= 11 is 0. The molecule has 1 amide bonds. The van der Waals surface area contributed by atoms with Crippen molar-refractivity contribution in [1.82, 2.24) is 20.4 Å². The minimum atomic E-state index is 0. The first-order chi connectivity index (χ1) is 13.0. The maximum atomic E-state index is 11.9. The number of hydrogen-bond acceptors (Lipinski definition) is 3. The van der Waals surface area contributed by atoms with Crippen LogP contribution >= 0.6 is 24.0 Å². The van der Waals surface area contributed by atoms with Crippen LogP contribution in [0.25, 0.3) is 0 Å². The van der Waals surface area contributed by atoms with E-state index < -0.39 is 0 Å². The molecule has 0 atom stereocenters. The topological polar surface area (TPSA) is 60.0 Å². The normalized spacial score (nSPS) is 15.1. The third-order valence-electron chi connectivity index (χ3n) is 5.25. The standard InChI is InChI=1S/C21H35N5O.HI/c1-22-21(23-14-15-26(4)19-8-6-5-7-9-19)24-16-17-10-12-18(13-11-17)20(27)25(2)3;/h10-13,19H,5-9,14-16H2,1-4H3,(H2,22,23,24);1H. The van der Waals surface area contributed by atoms with E-state index in [2.05, 4.69) is 27.6 Å². The molecule has 1 fully saturated rings. The Labute approximate surface area is 187 Å². The number of carbonyl (C=O) groups excluding carboxylic acids is 1. The zero-order valence-corrected chi connectivity index (χ0v) is 20.0. The summed E-state index contributed by atoms with van der Waals surface area (Å²) in [6.07, 6.45) is 6.78. The second-order valence-corrected chi connectivity index (χ2v) is 7.52. The molecule has 1 aliphatic rings. The third-order valence-corrected chi connectivity index (χ3v) is 5.25. The molecule has 0 aromatic heterocycles. The van der Waals surface area contributed by atoms with Crippen molar-refractivity contribution in [3.63, 3.8) is 0 Å². The summed E-state index contributed by atoms with van der Waals surface area (Å²) in [5.41, 5.74) is 1.82. The predicted molar refractivity (Wildman–Crippen MR) is 128 cm³/mol. The Bertz CT molecular complexity index is 612. The minimum absolute atomic E-state index is 0. The van der Waals surface area contributed by atoms with Gasteiger partial charge in [0.15, 0.2) is 5.96 Å². The summed E-state index contributed by atoms with van der Waals surface area (Å²) in [5, 5.41) is 6.73. The van der Waals surface area contributed by atoms with Gasteiger partial charge in [0.25, 0.3) is 5.91 Å². The van der Waals surface area contributed by atoms with Gasteiger partial charge in [-0.25, -0.2) is 0 Å². The van der Waals surface area contributed by atoms with Gasteiger partial charge >= 0.3 is 0 Å². The second kappa shape index (κ2) is 13.0. The zero-order chi connectivity index (χ0) is 19.6. The summed E-state index contributed by atoms with van der Waals surface area (Å²) in [7, 11) is 7.54. The first kappa shape index (κ1) is 24.7. The largest absolute Gasteiger partial charge is 0.355 e. The van der Waals surface area contributed by atoms with Crippen LogP contribution in [0, 0.1) is 0 Å². The number of halogens is 1. The van der Waals surface area contributed by atoms with Crippen LogP contribution in [0.15, 0.2) is 29.3 Å². The lowest BCUT2D eigenvalue weighted by Crippen LogP contribution is -2.43. The number of rotatable bonds is 7. The molecule has 1 saturated carbocycles. The van der Waals surface area contributed by atoms with Crippen LogP contribution in [-0.2, 0) is 6.54 Å². The fourth-order valence-corrected chi connectivity index (χ4v) is 3.48. The highest BCUT2D eigenvalue weighted by molar-refractivity contribution is 14.0. The van der Waals surface area contributed by atoms with Crippen molar-refractivity contribution in [3.05, 3.63) is 35.4 Å². The minimum Gasteiger partial charge on any atom is -0.355 e. The van der Waals surface area contributed by atoms with Crippen molar-refractivity contribution in [2.75, 3.05) is 41.3 Å². The molecule has 0 radical (unpaired) electrons. The number of nitrogens with one attached hydrogen (secondary N) is 2. The highest BCUT2D eigenvalue weighted by atomic mass is 127. The molecule has 158 valence electrons. The molecule has 0 unspecified atom stereocenters. The summed E-state index contributed by atoms with van der Waals surface area (Å²) in [6.45, 7) is 2.57. The Morgan fingerprint density at radius 2 is 1.71 bits per heavy atom. The average Bonchev–Trinajstić information content (AvgIpc) is 2.70. The maximum Gasteiger partial charge on any atom is 0.253 e. The molecule has 28 heavy (non-hydrogen) atoms. The van der Waals surface area contributed by atoms with Gasteiger partial charge in [-0.3, -0.25) is 9.79 Å². The molecule has 2 N–H and O–H groups in total. The van der Waals surface area contributed by atoms with E-state index in [0.29, 0.717) is 12.1 Å². The smallest absolute Gasteiger partial charge is 0.253 e. The van der Waals surface area contributed by atoms with Crippen molar-refractivity contribution in [2.45, 2.75) is 44.7 Å². The summed E-state index contributed by atoms with van der Waals surface area (Å²) in [6, 6.07) is 8.43. The number of amides is 1. The Morgan fingerprint density at radius 3 is 2.29 bits per heavy atom. The SMILES string of the molecule is CN=C(NCCN(C)C1CCCCC1)NCc1ccc(C(=O)N(C)C)cc1.I. The third kappa shape index (κ3) is 7.95. The number of hydrogen-bond donors (Lipinski definition) is 2. The quantitative estimate of drug-likeness (QED) is 0.343. The summed E-state index contributed by atoms with van der Waals surface area (Å²) in [5.74, 6) is 0.828. The van der Waals surface area contributed by atoms with Crippen molar-refractivity contribution in [1.29, 1.82) is 0 Å². The van der Waals surface area contributed by atoms with Gasteiger partial charge in [0.1, 0.15) is 0 Å². The molecule has 0 heterocycles. The molecule has 1 aromatic carbocycles. The van der Waals surface area contributed by atoms with Gasteiger partial charge < -0.3 is 20.4 Å². The van der Waals surface area contributed by atoms with Gasteiger partial charge in [-0.05, 0) is 37.6 Å². The second-order valence-electron chi connectivity index (χ2n) is 7.52. The van der Waals surface area contributed by atoms with Crippen LogP contribution in [0.3, 0.4) is 0 Å². The maximum absolute atomic E-state index is 11.9. The van der Waals surface area contributed by atoms with Gasteiger partial charge in [-0.2, -0.15) is 0 Å². The lowest BCUT2D eigenvalue weighted by molar-refractivity contribution is 0.0827. The van der Waals surface area contributed by atoms with E-state index in [4.69, 9.17) is 0 Å². The molecule has 0 saturated heterocycles. The molecule has 0 bridgehead atoms. The monoisotopic (exact) mass is 501 g/mol. The van der Waals surface area contributed by atoms with E-state index >= 15 is 0 Å². The van der Waals surface area contributed by atoms with Gasteiger partial charge in [0.2, 0.25) is 0 Å². The average molecular weight is 501 g/mol. The number of likely N-dealkylation sites (N-methyl/N-ethyl adjacent to an activating group) is 1. The van der Waals surface area contributed by atoms with E-state index in [1.165, 1.54) is 32.1 Å². The lowest BCUT2D eigenvalue weighted by atomic mass is 9.94. The molecule has 2 rings (SSSR count). The highest BCUT2D eigenvalue weighted by Crippen LogP contribution is 2.21. The molecule has 0 aliphatic heterocycles. The van der Waals surface area contributed by atoms with Gasteiger partial charge in [-0.15, -0.1) is 24.0 Å². The number of nitrogens with zero attached hydrogens (tertiary/aromatic N) is 3. The Kier molecular flexibility index (Phi) is 11.4. The number of carbonyl (C=O) groups is 1. The van der Waals surface area contributed by atoms with Gasteiger partial charge in [0, 0.05) is 52.4 Å². The number of guanidine groups is 1. The molecule has 7 heteroatoms. The Balaban J connectivity index is 0.00000392. The van der Waals surface area contributed by atoms with Crippen LogP contribution in [-0.4, -0.2) is 69.0 Å². The van der Waals surface area contributed by atoms with Crippen LogP contribution in [0.2, 0.25) is 0 Å². The lowest BCUT2D eigenvalue weighted by Gasteiger charge is -2.31. The zero-order valence-electron chi connectivity index (χ0n) is 17.7. The molecular weight excluding hydrogens is 465 g/mol. The first-order valence-corrected chi connectivity index (χ1v) is 9.96. The molecule has 6 nitrogen and oxygen atoms in total. The molecule has 1 aromatic rings.